The molecule has 2 aromatic rings. The molecule has 0 spiro atoms. The van der Waals surface area contributed by atoms with E-state index in [1.54, 1.807) is 18.5 Å². The van der Waals surface area contributed by atoms with Gasteiger partial charge in [-0.3, -0.25) is 4.98 Å². The molecule has 0 aliphatic carbocycles. The lowest BCUT2D eigenvalue weighted by Gasteiger charge is -2.11. The van der Waals surface area contributed by atoms with Crippen LogP contribution in [0.4, 0.5) is 11.6 Å². The van der Waals surface area contributed by atoms with Crippen molar-refractivity contribution in [2.75, 3.05) is 17.3 Å². The summed E-state index contributed by atoms with van der Waals surface area (Å²) in [4.78, 5) is 12.8. The van der Waals surface area contributed by atoms with E-state index in [4.69, 9.17) is 5.84 Å². The number of aromatic nitrogens is 3. The Labute approximate surface area is 118 Å². The minimum atomic E-state index is 0.254. The molecule has 0 saturated carbocycles. The Hall–Kier alpha value is -2.21. The molecule has 0 aliphatic heterocycles. The van der Waals surface area contributed by atoms with Crippen LogP contribution in [-0.4, -0.2) is 21.5 Å². The van der Waals surface area contributed by atoms with Gasteiger partial charge in [-0.1, -0.05) is 13.8 Å². The summed E-state index contributed by atoms with van der Waals surface area (Å²) in [7, 11) is 0. The predicted molar refractivity (Wildman–Crippen MR) is 80.4 cm³/mol. The van der Waals surface area contributed by atoms with Crippen molar-refractivity contribution in [3.8, 4) is 0 Å². The van der Waals surface area contributed by atoms with E-state index in [1.165, 1.54) is 5.56 Å². The van der Waals surface area contributed by atoms with Crippen molar-refractivity contribution in [1.82, 2.24) is 15.0 Å². The van der Waals surface area contributed by atoms with Gasteiger partial charge in [-0.25, -0.2) is 15.8 Å². The third-order valence-electron chi connectivity index (χ3n) is 2.88. The highest BCUT2D eigenvalue weighted by molar-refractivity contribution is 5.47. The second kappa shape index (κ2) is 6.81. The maximum Gasteiger partial charge on any atom is 0.145 e. The number of nitrogens with one attached hydrogen (secondary N) is 2. The molecule has 20 heavy (non-hydrogen) atoms. The van der Waals surface area contributed by atoms with E-state index in [1.807, 2.05) is 12.1 Å². The Balaban J connectivity index is 2.00. The van der Waals surface area contributed by atoms with Gasteiger partial charge in [0.25, 0.3) is 0 Å². The van der Waals surface area contributed by atoms with Crippen molar-refractivity contribution in [2.24, 2.45) is 5.84 Å². The number of nitrogens with zero attached hydrogens (tertiary/aromatic N) is 3. The smallest absolute Gasteiger partial charge is 0.145 e. The minimum Gasteiger partial charge on any atom is -0.370 e. The SMILES string of the molecule is CC(C)c1nc(NN)cc(NCCc2ccncc2)n1. The molecule has 6 heteroatoms. The number of nitrogen functional groups attached to an aromatic ring is 1. The zero-order chi connectivity index (χ0) is 14.4. The molecule has 2 aromatic heterocycles. The standard InChI is InChI=1S/C14H20N6/c1-10(2)14-18-12(9-13(19-14)20-15)17-8-5-11-3-6-16-7-4-11/h3-4,6-7,9-10H,5,8,15H2,1-2H3,(H2,17,18,19,20). The molecule has 0 unspecified atom stereocenters. The first kappa shape index (κ1) is 14.2. The van der Waals surface area contributed by atoms with Crippen LogP contribution < -0.4 is 16.6 Å². The normalized spacial score (nSPS) is 10.6. The molecule has 4 N–H and O–H groups in total. The summed E-state index contributed by atoms with van der Waals surface area (Å²) in [6, 6.07) is 5.82. The van der Waals surface area contributed by atoms with E-state index in [9.17, 15) is 0 Å². The third kappa shape index (κ3) is 3.89. The second-order valence-electron chi connectivity index (χ2n) is 4.83. The van der Waals surface area contributed by atoms with Crippen LogP contribution in [0.15, 0.2) is 30.6 Å². The van der Waals surface area contributed by atoms with Gasteiger partial charge in [0.2, 0.25) is 0 Å². The van der Waals surface area contributed by atoms with Crippen molar-refractivity contribution in [3.63, 3.8) is 0 Å². The highest BCUT2D eigenvalue weighted by Gasteiger charge is 2.07. The first-order valence-electron chi connectivity index (χ1n) is 6.67. The minimum absolute atomic E-state index is 0.254. The number of rotatable bonds is 6. The summed E-state index contributed by atoms with van der Waals surface area (Å²) < 4.78 is 0. The van der Waals surface area contributed by atoms with Gasteiger partial charge in [0, 0.05) is 30.9 Å². The molecule has 0 saturated heterocycles. The van der Waals surface area contributed by atoms with Crippen molar-refractivity contribution in [1.29, 1.82) is 0 Å². The topological polar surface area (TPSA) is 88.8 Å². The summed E-state index contributed by atoms with van der Waals surface area (Å²) in [6.07, 6.45) is 4.51. The van der Waals surface area contributed by atoms with Crippen LogP contribution in [0.1, 0.15) is 31.2 Å². The van der Waals surface area contributed by atoms with Gasteiger partial charge in [0.05, 0.1) is 0 Å². The molecule has 0 amide bonds. The summed E-state index contributed by atoms with van der Waals surface area (Å²) in [5.41, 5.74) is 3.81. The average Bonchev–Trinajstić information content (AvgIpc) is 2.48. The second-order valence-corrected chi connectivity index (χ2v) is 4.83. The zero-order valence-corrected chi connectivity index (χ0v) is 11.8. The Morgan fingerprint density at radius 3 is 2.50 bits per heavy atom. The molecule has 106 valence electrons. The Morgan fingerprint density at radius 2 is 1.85 bits per heavy atom. The van der Waals surface area contributed by atoms with Crippen LogP contribution in [0.25, 0.3) is 0 Å². The fourth-order valence-electron chi connectivity index (χ4n) is 1.77. The first-order valence-corrected chi connectivity index (χ1v) is 6.67. The van der Waals surface area contributed by atoms with Crippen LogP contribution in [-0.2, 0) is 6.42 Å². The summed E-state index contributed by atoms with van der Waals surface area (Å²) in [6.45, 7) is 4.90. The molecule has 0 radical (unpaired) electrons. The number of hydrogen-bond donors (Lipinski definition) is 3. The number of nitrogens with two attached hydrogens (primary N) is 1. The van der Waals surface area contributed by atoms with E-state index in [2.05, 4.69) is 39.5 Å². The van der Waals surface area contributed by atoms with E-state index < -0.39 is 0 Å². The molecule has 2 heterocycles. The van der Waals surface area contributed by atoms with Crippen LogP contribution in [0, 0.1) is 0 Å². The molecule has 6 nitrogen and oxygen atoms in total. The fraction of sp³-hybridized carbons (Fsp3) is 0.357. The first-order chi connectivity index (χ1) is 9.69. The van der Waals surface area contributed by atoms with E-state index >= 15 is 0 Å². The third-order valence-corrected chi connectivity index (χ3v) is 2.88. The van der Waals surface area contributed by atoms with Crippen molar-refractivity contribution in [2.45, 2.75) is 26.2 Å². The summed E-state index contributed by atoms with van der Waals surface area (Å²) in [5.74, 6) is 7.86. The van der Waals surface area contributed by atoms with Crippen molar-refractivity contribution < 1.29 is 0 Å². The van der Waals surface area contributed by atoms with Gasteiger partial charge in [-0.05, 0) is 24.1 Å². The Bertz CT molecular complexity index is 541. The number of anilines is 2. The maximum absolute atomic E-state index is 5.43. The van der Waals surface area contributed by atoms with Crippen LogP contribution in [0.5, 0.6) is 0 Å². The molecular formula is C14H20N6. The van der Waals surface area contributed by atoms with E-state index in [0.29, 0.717) is 5.82 Å². The number of pyridine rings is 1. The highest BCUT2D eigenvalue weighted by Crippen LogP contribution is 2.16. The van der Waals surface area contributed by atoms with Gasteiger partial charge in [-0.2, -0.15) is 0 Å². The van der Waals surface area contributed by atoms with E-state index in [-0.39, 0.29) is 5.92 Å². The average molecular weight is 272 g/mol. The number of hydrazine groups is 1. The quantitative estimate of drug-likeness (QED) is 0.550. The molecule has 0 aromatic carbocycles. The Kier molecular flexibility index (Phi) is 4.84. The maximum atomic E-state index is 5.43. The van der Waals surface area contributed by atoms with Gasteiger partial charge < -0.3 is 10.7 Å². The molecule has 0 aliphatic rings. The highest BCUT2D eigenvalue weighted by atomic mass is 15.3. The predicted octanol–water partition coefficient (Wildman–Crippen LogP) is 1.94. The zero-order valence-electron chi connectivity index (χ0n) is 11.8. The van der Waals surface area contributed by atoms with Crippen LogP contribution in [0.3, 0.4) is 0 Å². The number of hydrogen-bond acceptors (Lipinski definition) is 6. The molecular weight excluding hydrogens is 252 g/mol. The van der Waals surface area contributed by atoms with Crippen molar-refractivity contribution >= 4 is 11.6 Å². The summed E-state index contributed by atoms with van der Waals surface area (Å²) >= 11 is 0. The van der Waals surface area contributed by atoms with Gasteiger partial charge >= 0.3 is 0 Å². The lowest BCUT2D eigenvalue weighted by Crippen LogP contribution is -2.14. The Morgan fingerprint density at radius 1 is 1.15 bits per heavy atom. The molecule has 0 bridgehead atoms. The summed E-state index contributed by atoms with van der Waals surface area (Å²) in [5, 5.41) is 3.30. The molecule has 0 atom stereocenters. The van der Waals surface area contributed by atoms with Gasteiger partial charge in [0.15, 0.2) is 0 Å². The fourth-order valence-corrected chi connectivity index (χ4v) is 1.77. The largest absolute Gasteiger partial charge is 0.370 e. The van der Waals surface area contributed by atoms with Crippen LogP contribution >= 0.6 is 0 Å². The molecule has 0 fully saturated rings. The lowest BCUT2D eigenvalue weighted by atomic mass is 10.2. The lowest BCUT2D eigenvalue weighted by molar-refractivity contribution is 0.775. The van der Waals surface area contributed by atoms with Gasteiger partial charge in [-0.15, -0.1) is 0 Å². The van der Waals surface area contributed by atoms with E-state index in [0.717, 1.165) is 24.6 Å². The van der Waals surface area contributed by atoms with Gasteiger partial charge in [0.1, 0.15) is 17.5 Å². The van der Waals surface area contributed by atoms with Crippen LogP contribution in [0.2, 0.25) is 0 Å². The monoisotopic (exact) mass is 272 g/mol. The van der Waals surface area contributed by atoms with Crippen molar-refractivity contribution in [3.05, 3.63) is 42.0 Å². The molecule has 2 rings (SSSR count).